The molecule has 1 atom stereocenters. The number of carbonyl (C=O) groups excluding carboxylic acids is 5. The van der Waals surface area contributed by atoms with Gasteiger partial charge in [-0.2, -0.15) is 0 Å². The molecule has 0 bridgehead atoms. The number of aryl methyl sites for hydroxylation is 1. The number of pyridine rings is 1. The van der Waals surface area contributed by atoms with Crippen LogP contribution in [0.2, 0.25) is 0 Å². The SMILES string of the molecule is Cc1cccc(C(=O)Nc2cc3sc([C@H]4CC[C@H](CN(C)[C@H]5CC[C@H](Nc6cccc7c6C(=O)N(C6CCC(=O)NC6=O)C7=O)CC5)CC4)nc3cc2C(C)(C)O)n1. The number of aliphatic hydroxyl groups is 1. The van der Waals surface area contributed by atoms with E-state index in [4.69, 9.17) is 4.98 Å². The molecule has 13 nitrogen and oxygen atoms in total. The largest absolute Gasteiger partial charge is 0.386 e. The number of nitrogens with zero attached hydrogens (tertiary/aromatic N) is 4. The minimum Gasteiger partial charge on any atom is -0.386 e. The average molecular weight is 806 g/mol. The monoisotopic (exact) mass is 805 g/mol. The number of rotatable bonds is 10. The summed E-state index contributed by atoms with van der Waals surface area (Å²) < 4.78 is 0.980. The van der Waals surface area contributed by atoms with E-state index in [1.165, 1.54) is 0 Å². The van der Waals surface area contributed by atoms with Crippen LogP contribution in [0, 0.1) is 12.8 Å². The summed E-state index contributed by atoms with van der Waals surface area (Å²) >= 11 is 1.67. The van der Waals surface area contributed by atoms with Crippen molar-refractivity contribution in [3.05, 3.63) is 81.6 Å². The number of piperidine rings is 1. The number of thiazole rings is 1. The highest BCUT2D eigenvalue weighted by atomic mass is 32.1. The van der Waals surface area contributed by atoms with Gasteiger partial charge in [-0.3, -0.25) is 34.2 Å². The Bertz CT molecular complexity index is 2280. The van der Waals surface area contributed by atoms with Crippen molar-refractivity contribution in [2.24, 2.45) is 5.92 Å². The maximum absolute atomic E-state index is 13.6. The highest BCUT2D eigenvalue weighted by Gasteiger charge is 2.46. The van der Waals surface area contributed by atoms with Crippen LogP contribution in [0.5, 0.6) is 0 Å². The number of benzene rings is 2. The fourth-order valence-corrected chi connectivity index (χ4v) is 10.5. The molecule has 14 heteroatoms. The number of anilines is 2. The smallest absolute Gasteiger partial charge is 0.274 e. The van der Waals surface area contributed by atoms with E-state index in [9.17, 15) is 29.1 Å². The third kappa shape index (κ3) is 8.01. The molecule has 8 rings (SSSR count). The molecule has 2 aromatic carbocycles. The molecule has 4 aliphatic rings. The summed E-state index contributed by atoms with van der Waals surface area (Å²) in [5.74, 6) is -1.33. The Kier molecular flexibility index (Phi) is 10.9. The van der Waals surface area contributed by atoms with Gasteiger partial charge in [-0.15, -0.1) is 11.3 Å². The first-order chi connectivity index (χ1) is 27.7. The minimum absolute atomic E-state index is 0.0869. The van der Waals surface area contributed by atoms with Gasteiger partial charge in [0.2, 0.25) is 11.8 Å². The Labute approximate surface area is 342 Å². The molecule has 4 aromatic rings. The van der Waals surface area contributed by atoms with Crippen molar-refractivity contribution in [1.29, 1.82) is 0 Å². The van der Waals surface area contributed by atoms with Crippen LogP contribution < -0.4 is 16.0 Å². The van der Waals surface area contributed by atoms with Crippen molar-refractivity contribution >= 4 is 62.5 Å². The number of hydrogen-bond donors (Lipinski definition) is 4. The van der Waals surface area contributed by atoms with Gasteiger partial charge in [-0.1, -0.05) is 12.1 Å². The van der Waals surface area contributed by atoms with E-state index in [0.29, 0.717) is 46.1 Å². The van der Waals surface area contributed by atoms with Crippen LogP contribution in [0.4, 0.5) is 11.4 Å². The molecule has 2 aromatic heterocycles. The maximum atomic E-state index is 13.6. The Morgan fingerprint density at radius 1 is 0.931 bits per heavy atom. The van der Waals surface area contributed by atoms with Crippen molar-refractivity contribution in [1.82, 2.24) is 25.1 Å². The zero-order chi connectivity index (χ0) is 40.9. The van der Waals surface area contributed by atoms with Crippen molar-refractivity contribution in [2.75, 3.05) is 24.2 Å². The van der Waals surface area contributed by atoms with Crippen molar-refractivity contribution in [3.63, 3.8) is 0 Å². The van der Waals surface area contributed by atoms with Gasteiger partial charge in [-0.05, 0) is 128 Å². The van der Waals surface area contributed by atoms with Gasteiger partial charge in [0.05, 0.1) is 32.0 Å². The fourth-order valence-electron chi connectivity index (χ4n) is 9.30. The van der Waals surface area contributed by atoms with E-state index in [0.717, 1.165) is 83.7 Å². The van der Waals surface area contributed by atoms with E-state index in [1.54, 1.807) is 49.4 Å². The van der Waals surface area contributed by atoms with Crippen LogP contribution in [0.15, 0.2) is 48.5 Å². The number of imide groups is 2. The van der Waals surface area contributed by atoms with Crippen LogP contribution in [0.25, 0.3) is 10.2 Å². The summed E-state index contributed by atoms with van der Waals surface area (Å²) in [6.45, 7) is 6.32. The molecule has 1 unspecified atom stereocenters. The van der Waals surface area contributed by atoms with Gasteiger partial charge < -0.3 is 20.6 Å². The molecular formula is C44H51N7O6S. The van der Waals surface area contributed by atoms with Gasteiger partial charge in [0.25, 0.3) is 17.7 Å². The quantitative estimate of drug-likeness (QED) is 0.130. The third-order valence-corrected chi connectivity index (χ3v) is 13.6. The van der Waals surface area contributed by atoms with Gasteiger partial charge in [0, 0.05) is 53.6 Å². The van der Waals surface area contributed by atoms with Gasteiger partial charge in [-0.25, -0.2) is 9.97 Å². The number of hydrogen-bond acceptors (Lipinski definition) is 11. The molecule has 304 valence electrons. The van der Waals surface area contributed by atoms with Crippen LogP contribution in [-0.4, -0.2) is 86.1 Å². The van der Waals surface area contributed by atoms with E-state index in [1.807, 2.05) is 31.2 Å². The van der Waals surface area contributed by atoms with Gasteiger partial charge in [0.15, 0.2) is 0 Å². The number of amides is 5. The summed E-state index contributed by atoms with van der Waals surface area (Å²) in [4.78, 5) is 77.2. The predicted molar refractivity (Wildman–Crippen MR) is 222 cm³/mol. The van der Waals surface area contributed by atoms with Crippen molar-refractivity contribution in [3.8, 4) is 0 Å². The molecule has 2 aliphatic carbocycles. The molecule has 2 aliphatic heterocycles. The second kappa shape index (κ2) is 16.0. The van der Waals surface area contributed by atoms with Crippen LogP contribution in [-0.2, 0) is 15.2 Å². The molecule has 0 radical (unpaired) electrons. The maximum Gasteiger partial charge on any atom is 0.274 e. The molecule has 4 heterocycles. The van der Waals surface area contributed by atoms with Crippen molar-refractivity contribution in [2.45, 2.75) is 115 Å². The summed E-state index contributed by atoms with van der Waals surface area (Å²) in [5.41, 5.74) is 3.12. The fraction of sp³-hybridized carbons (Fsp3) is 0.477. The second-order valence-electron chi connectivity index (χ2n) is 17.1. The molecule has 5 amide bonds. The third-order valence-electron chi connectivity index (χ3n) is 12.5. The van der Waals surface area contributed by atoms with Crippen LogP contribution in [0.1, 0.15) is 131 Å². The minimum atomic E-state index is -1.19. The molecular weight excluding hydrogens is 755 g/mol. The molecule has 58 heavy (non-hydrogen) atoms. The summed E-state index contributed by atoms with van der Waals surface area (Å²) in [7, 11) is 2.24. The lowest BCUT2D eigenvalue weighted by Crippen LogP contribution is -2.54. The van der Waals surface area contributed by atoms with Crippen molar-refractivity contribution < 1.29 is 29.1 Å². The Balaban J connectivity index is 0.842. The average Bonchev–Trinajstić information content (AvgIpc) is 3.72. The summed E-state index contributed by atoms with van der Waals surface area (Å²) in [6, 6.07) is 14.0. The first-order valence-corrected chi connectivity index (χ1v) is 21.3. The lowest BCUT2D eigenvalue weighted by atomic mass is 9.81. The standard InChI is InChI=1S/C44H51N7O6S/c1-24-7-5-10-32(45-24)39(53)47-33-22-36-34(21-30(33)44(2,3)57)48-41(58-36)26-13-11-25(12-14-26)23-50(4)28-17-15-27(16-18-28)46-31-9-6-8-29-38(31)43(56)51(42(29)55)35-19-20-37(52)49-40(35)54/h5-10,21-22,25-28,35,46,57H,11-20,23H2,1-4H3,(H,47,53)(H,49,52,54)/t25-,26-,27-,28-,35?. The molecule has 3 fully saturated rings. The van der Waals surface area contributed by atoms with E-state index in [-0.39, 0.29) is 30.4 Å². The van der Waals surface area contributed by atoms with Gasteiger partial charge >= 0.3 is 0 Å². The Morgan fingerprint density at radius 3 is 2.38 bits per heavy atom. The van der Waals surface area contributed by atoms with E-state index in [2.05, 4.69) is 32.9 Å². The number of nitrogens with one attached hydrogen (secondary N) is 3. The number of fused-ring (bicyclic) bond motifs is 2. The topological polar surface area (TPSA) is 174 Å². The first kappa shape index (κ1) is 39.8. The molecule has 4 N–H and O–H groups in total. The van der Waals surface area contributed by atoms with Gasteiger partial charge in [0.1, 0.15) is 11.7 Å². The van der Waals surface area contributed by atoms with Crippen LogP contribution in [0.3, 0.4) is 0 Å². The highest BCUT2D eigenvalue weighted by Crippen LogP contribution is 2.42. The summed E-state index contributed by atoms with van der Waals surface area (Å²) in [6.07, 6.45) is 8.53. The lowest BCUT2D eigenvalue weighted by molar-refractivity contribution is -0.136. The second-order valence-corrected chi connectivity index (χ2v) is 18.1. The molecule has 1 saturated heterocycles. The highest BCUT2D eigenvalue weighted by molar-refractivity contribution is 7.18. The predicted octanol–water partition coefficient (Wildman–Crippen LogP) is 6.51. The summed E-state index contributed by atoms with van der Waals surface area (Å²) in [5, 5.41) is 21.0. The zero-order valence-electron chi connectivity index (χ0n) is 33.5. The molecule has 2 saturated carbocycles. The zero-order valence-corrected chi connectivity index (χ0v) is 34.3. The van der Waals surface area contributed by atoms with E-state index < -0.39 is 35.3 Å². The normalized spacial score (nSPS) is 24.0. The number of carbonyl (C=O) groups is 5. The van der Waals surface area contributed by atoms with Crippen LogP contribution >= 0.6 is 11.3 Å². The first-order valence-electron chi connectivity index (χ1n) is 20.5. The Morgan fingerprint density at radius 2 is 1.67 bits per heavy atom. The lowest BCUT2D eigenvalue weighted by Gasteiger charge is -2.38. The number of aromatic nitrogens is 2. The Hall–Kier alpha value is -5.05. The molecule has 0 spiro atoms. The van der Waals surface area contributed by atoms with E-state index >= 15 is 0 Å².